The van der Waals surface area contributed by atoms with Crippen molar-refractivity contribution in [2.24, 2.45) is 16.6 Å². The molecule has 1 atom stereocenters. The number of carbonyl (C=O) groups excluding carboxylic acids is 1. The Morgan fingerprint density at radius 3 is 2.46 bits per heavy atom. The molecule has 0 fully saturated rings. The number of rotatable bonds is 8. The summed E-state index contributed by atoms with van der Waals surface area (Å²) in [7, 11) is 1.73. The molecule has 1 unspecified atom stereocenters. The molecule has 2 aromatic rings. The maximum Gasteiger partial charge on any atom is 0.248 e. The minimum atomic E-state index is -0.432. The number of hydrogen-bond acceptors (Lipinski definition) is 3. The van der Waals surface area contributed by atoms with E-state index in [0.29, 0.717) is 30.6 Å². The van der Waals surface area contributed by atoms with E-state index in [1.807, 2.05) is 24.3 Å². The molecule has 0 bridgehead atoms. The fourth-order valence-corrected chi connectivity index (χ4v) is 2.62. The molecular weight excluding hydrogens is 352 g/mol. The van der Waals surface area contributed by atoms with Gasteiger partial charge in [0.25, 0.3) is 0 Å². The van der Waals surface area contributed by atoms with Crippen LogP contribution in [0.25, 0.3) is 0 Å². The third-order valence-corrected chi connectivity index (χ3v) is 4.21. The van der Waals surface area contributed by atoms with E-state index in [4.69, 9.17) is 10.5 Å². The first-order chi connectivity index (χ1) is 13.4. The van der Waals surface area contributed by atoms with Crippen molar-refractivity contribution in [1.82, 2.24) is 10.6 Å². The summed E-state index contributed by atoms with van der Waals surface area (Å²) in [6.07, 6.45) is 0. The van der Waals surface area contributed by atoms with Gasteiger partial charge in [0.1, 0.15) is 5.75 Å². The summed E-state index contributed by atoms with van der Waals surface area (Å²) in [5, 5.41) is 6.63. The first kappa shape index (κ1) is 21.3. The largest absolute Gasteiger partial charge is 0.493 e. The molecule has 0 heterocycles. The molecule has 0 radical (unpaired) electrons. The lowest BCUT2D eigenvalue weighted by Gasteiger charge is -2.19. The van der Waals surface area contributed by atoms with Gasteiger partial charge in [-0.05, 0) is 48.2 Å². The lowest BCUT2D eigenvalue weighted by Crippen LogP contribution is -2.38. The number of amides is 1. The van der Waals surface area contributed by atoms with E-state index in [1.165, 1.54) is 0 Å². The molecule has 0 aliphatic carbocycles. The number of nitrogens with two attached hydrogens (primary N) is 1. The van der Waals surface area contributed by atoms with Crippen LogP contribution in [-0.2, 0) is 6.54 Å². The van der Waals surface area contributed by atoms with Gasteiger partial charge in [-0.3, -0.25) is 9.79 Å². The summed E-state index contributed by atoms with van der Waals surface area (Å²) in [4.78, 5) is 15.6. The number of nitrogens with one attached hydrogen (secondary N) is 2. The van der Waals surface area contributed by atoms with Crippen molar-refractivity contribution in [3.8, 4) is 5.75 Å². The minimum Gasteiger partial charge on any atom is -0.493 e. The smallest absolute Gasteiger partial charge is 0.248 e. The van der Waals surface area contributed by atoms with Gasteiger partial charge in [0, 0.05) is 19.2 Å². The number of aliphatic imine (C=N–C) groups is 1. The van der Waals surface area contributed by atoms with Crippen LogP contribution in [0, 0.1) is 5.92 Å². The number of ether oxygens (including phenoxy) is 1. The number of hydrogen-bond donors (Lipinski definition) is 3. The minimum absolute atomic E-state index is 0.0716. The van der Waals surface area contributed by atoms with Crippen LogP contribution in [0.2, 0.25) is 0 Å². The number of nitrogens with zero attached hydrogens (tertiary/aromatic N) is 1. The van der Waals surface area contributed by atoms with E-state index in [0.717, 1.165) is 16.9 Å². The molecule has 6 nitrogen and oxygen atoms in total. The predicted molar refractivity (Wildman–Crippen MR) is 113 cm³/mol. The van der Waals surface area contributed by atoms with Crippen molar-refractivity contribution in [3.05, 3.63) is 65.2 Å². The van der Waals surface area contributed by atoms with Crippen molar-refractivity contribution in [3.63, 3.8) is 0 Å². The third kappa shape index (κ3) is 6.61. The number of benzene rings is 2. The van der Waals surface area contributed by atoms with E-state index < -0.39 is 5.91 Å². The molecular formula is C22H30N4O2. The van der Waals surface area contributed by atoms with Crippen LogP contribution in [0.1, 0.15) is 48.3 Å². The van der Waals surface area contributed by atoms with Gasteiger partial charge in [-0.2, -0.15) is 0 Å². The van der Waals surface area contributed by atoms with E-state index in [-0.39, 0.29) is 6.04 Å². The Bertz CT molecular complexity index is 800. The monoisotopic (exact) mass is 382 g/mol. The van der Waals surface area contributed by atoms with Gasteiger partial charge >= 0.3 is 0 Å². The van der Waals surface area contributed by atoms with Crippen LogP contribution >= 0.6 is 0 Å². The Morgan fingerprint density at radius 2 is 1.86 bits per heavy atom. The van der Waals surface area contributed by atoms with Crippen molar-refractivity contribution < 1.29 is 9.53 Å². The highest BCUT2D eigenvalue weighted by atomic mass is 16.5. The highest BCUT2D eigenvalue weighted by Crippen LogP contribution is 2.18. The van der Waals surface area contributed by atoms with Crippen molar-refractivity contribution >= 4 is 11.9 Å². The summed E-state index contributed by atoms with van der Waals surface area (Å²) >= 11 is 0. The molecule has 2 rings (SSSR count). The summed E-state index contributed by atoms with van der Waals surface area (Å²) in [6, 6.07) is 15.4. The van der Waals surface area contributed by atoms with Crippen LogP contribution in [0.4, 0.5) is 0 Å². The van der Waals surface area contributed by atoms with E-state index in [9.17, 15) is 4.79 Å². The van der Waals surface area contributed by atoms with Gasteiger partial charge in [0.05, 0.1) is 12.6 Å². The van der Waals surface area contributed by atoms with Gasteiger partial charge in [-0.25, -0.2) is 0 Å². The highest BCUT2D eigenvalue weighted by Gasteiger charge is 2.09. The molecule has 0 spiro atoms. The Kier molecular flexibility index (Phi) is 7.87. The molecule has 150 valence electrons. The Balaban J connectivity index is 1.91. The fourth-order valence-electron chi connectivity index (χ4n) is 2.62. The number of carbonyl (C=O) groups is 1. The molecule has 0 aromatic heterocycles. The maximum absolute atomic E-state index is 11.3. The van der Waals surface area contributed by atoms with Crippen molar-refractivity contribution in [2.75, 3.05) is 13.7 Å². The zero-order valence-electron chi connectivity index (χ0n) is 17.0. The summed E-state index contributed by atoms with van der Waals surface area (Å²) < 4.78 is 5.73. The second kappa shape index (κ2) is 10.3. The van der Waals surface area contributed by atoms with Gasteiger partial charge < -0.3 is 21.1 Å². The number of primary amides is 1. The fraction of sp³-hybridized carbons (Fsp3) is 0.364. The lowest BCUT2D eigenvalue weighted by atomic mass is 10.1. The zero-order valence-corrected chi connectivity index (χ0v) is 17.0. The molecule has 28 heavy (non-hydrogen) atoms. The van der Waals surface area contributed by atoms with Gasteiger partial charge in [0.15, 0.2) is 5.96 Å². The lowest BCUT2D eigenvalue weighted by molar-refractivity contribution is 0.1000. The molecule has 2 aromatic carbocycles. The quantitative estimate of drug-likeness (QED) is 0.483. The SMILES string of the molecule is CN=C(NCc1cccc(C(N)=O)c1)NC(C)c1ccc(OCC(C)C)cc1. The average Bonchev–Trinajstić information content (AvgIpc) is 2.69. The molecule has 0 saturated carbocycles. The molecule has 0 saturated heterocycles. The topological polar surface area (TPSA) is 88.7 Å². The second-order valence-corrected chi connectivity index (χ2v) is 7.13. The standard InChI is InChI=1S/C22H30N4O2/c1-15(2)14-28-20-10-8-18(9-11-20)16(3)26-22(24-4)25-13-17-6-5-7-19(12-17)21(23)27/h5-12,15-16H,13-14H2,1-4H3,(H2,23,27)(H2,24,25,26). The summed E-state index contributed by atoms with van der Waals surface area (Å²) in [5.41, 5.74) is 7.92. The van der Waals surface area contributed by atoms with E-state index in [2.05, 4.69) is 48.5 Å². The van der Waals surface area contributed by atoms with Crippen LogP contribution in [0.15, 0.2) is 53.5 Å². The third-order valence-electron chi connectivity index (χ3n) is 4.21. The Hall–Kier alpha value is -3.02. The van der Waals surface area contributed by atoms with Crippen LogP contribution in [-0.4, -0.2) is 25.5 Å². The van der Waals surface area contributed by atoms with Crippen molar-refractivity contribution in [1.29, 1.82) is 0 Å². The highest BCUT2D eigenvalue weighted by molar-refractivity contribution is 5.92. The van der Waals surface area contributed by atoms with E-state index >= 15 is 0 Å². The molecule has 0 aliphatic rings. The molecule has 4 N–H and O–H groups in total. The number of guanidine groups is 1. The van der Waals surface area contributed by atoms with Crippen LogP contribution in [0.5, 0.6) is 5.75 Å². The first-order valence-corrected chi connectivity index (χ1v) is 9.47. The molecule has 1 amide bonds. The predicted octanol–water partition coefficient (Wildman–Crippen LogP) is 3.25. The Morgan fingerprint density at radius 1 is 1.14 bits per heavy atom. The van der Waals surface area contributed by atoms with Gasteiger partial charge in [-0.1, -0.05) is 38.1 Å². The molecule has 6 heteroatoms. The Labute approximate surface area is 167 Å². The maximum atomic E-state index is 11.3. The normalized spacial score (nSPS) is 12.5. The van der Waals surface area contributed by atoms with E-state index in [1.54, 1.807) is 19.2 Å². The summed E-state index contributed by atoms with van der Waals surface area (Å²) in [6.45, 7) is 7.58. The molecule has 0 aliphatic heterocycles. The van der Waals surface area contributed by atoms with Crippen LogP contribution < -0.4 is 21.1 Å². The first-order valence-electron chi connectivity index (χ1n) is 9.47. The summed E-state index contributed by atoms with van der Waals surface area (Å²) in [5.74, 6) is 1.62. The average molecular weight is 383 g/mol. The zero-order chi connectivity index (χ0) is 20.5. The van der Waals surface area contributed by atoms with Gasteiger partial charge in [0.2, 0.25) is 5.91 Å². The second-order valence-electron chi connectivity index (χ2n) is 7.13. The van der Waals surface area contributed by atoms with Crippen molar-refractivity contribution in [2.45, 2.75) is 33.4 Å². The van der Waals surface area contributed by atoms with Gasteiger partial charge in [-0.15, -0.1) is 0 Å². The van der Waals surface area contributed by atoms with Crippen LogP contribution in [0.3, 0.4) is 0 Å².